The molecule has 20 heavy (non-hydrogen) atoms. The highest BCUT2D eigenvalue weighted by atomic mass is 19.3. The summed E-state index contributed by atoms with van der Waals surface area (Å²) in [6.45, 7) is 3.69. The van der Waals surface area contributed by atoms with Crippen molar-refractivity contribution in [2.45, 2.75) is 26.4 Å². The van der Waals surface area contributed by atoms with Crippen molar-refractivity contribution in [2.24, 2.45) is 0 Å². The predicted molar refractivity (Wildman–Crippen MR) is 75.9 cm³/mol. The van der Waals surface area contributed by atoms with Gasteiger partial charge in [-0.05, 0) is 19.7 Å². The van der Waals surface area contributed by atoms with Crippen LogP contribution in [0, 0.1) is 0 Å². The van der Waals surface area contributed by atoms with E-state index >= 15 is 0 Å². The van der Waals surface area contributed by atoms with E-state index in [1.54, 1.807) is 11.9 Å². The van der Waals surface area contributed by atoms with Crippen LogP contribution in [0.15, 0.2) is 28.7 Å². The number of alkyl halides is 2. The molecule has 0 saturated carbocycles. The van der Waals surface area contributed by atoms with Gasteiger partial charge in [0.1, 0.15) is 11.3 Å². The van der Waals surface area contributed by atoms with Crippen LogP contribution in [0.2, 0.25) is 0 Å². The van der Waals surface area contributed by atoms with Crippen molar-refractivity contribution in [2.75, 3.05) is 20.1 Å². The zero-order valence-corrected chi connectivity index (χ0v) is 11.8. The minimum atomic E-state index is -2.32. The van der Waals surface area contributed by atoms with Crippen molar-refractivity contribution < 1.29 is 13.2 Å². The number of benzene rings is 1. The van der Waals surface area contributed by atoms with Crippen LogP contribution in [-0.4, -0.2) is 31.5 Å². The topological polar surface area (TPSA) is 28.4 Å². The summed E-state index contributed by atoms with van der Waals surface area (Å²) in [4.78, 5) is 1.62. The van der Waals surface area contributed by atoms with Crippen molar-refractivity contribution in [3.05, 3.63) is 35.6 Å². The van der Waals surface area contributed by atoms with E-state index in [2.05, 4.69) is 5.32 Å². The van der Waals surface area contributed by atoms with Crippen LogP contribution in [0.25, 0.3) is 11.0 Å². The van der Waals surface area contributed by atoms with Gasteiger partial charge in [0, 0.05) is 17.5 Å². The van der Waals surface area contributed by atoms with E-state index in [1.165, 1.54) is 0 Å². The fraction of sp³-hybridized carbons (Fsp3) is 0.467. The molecule has 0 unspecified atom stereocenters. The second-order valence-corrected chi connectivity index (χ2v) is 4.87. The Morgan fingerprint density at radius 2 is 2.05 bits per heavy atom. The van der Waals surface area contributed by atoms with Crippen LogP contribution in [-0.2, 0) is 13.1 Å². The predicted octanol–water partition coefficient (Wildman–Crippen LogP) is 3.24. The maximum absolute atomic E-state index is 12.5. The van der Waals surface area contributed by atoms with Gasteiger partial charge in [0.05, 0.1) is 13.1 Å². The van der Waals surface area contributed by atoms with Gasteiger partial charge in [-0.1, -0.05) is 25.1 Å². The lowest BCUT2D eigenvalue weighted by atomic mass is 10.1. The zero-order chi connectivity index (χ0) is 14.5. The molecule has 0 spiro atoms. The Balaban J connectivity index is 2.27. The number of hydrogen-bond donors (Lipinski definition) is 1. The van der Waals surface area contributed by atoms with Gasteiger partial charge in [0.2, 0.25) is 0 Å². The summed E-state index contributed by atoms with van der Waals surface area (Å²) < 4.78 is 30.7. The Hall–Kier alpha value is -1.46. The molecule has 2 rings (SSSR count). The van der Waals surface area contributed by atoms with Gasteiger partial charge in [-0.25, -0.2) is 8.78 Å². The molecule has 2 aromatic rings. The van der Waals surface area contributed by atoms with Gasteiger partial charge >= 0.3 is 0 Å². The third kappa shape index (κ3) is 3.55. The maximum atomic E-state index is 12.5. The molecule has 1 heterocycles. The lowest BCUT2D eigenvalue weighted by Crippen LogP contribution is -2.25. The van der Waals surface area contributed by atoms with E-state index < -0.39 is 6.43 Å². The van der Waals surface area contributed by atoms with Crippen molar-refractivity contribution in [3.63, 3.8) is 0 Å². The highest BCUT2D eigenvalue weighted by Gasteiger charge is 2.16. The van der Waals surface area contributed by atoms with Crippen molar-refractivity contribution in [1.29, 1.82) is 0 Å². The monoisotopic (exact) mass is 282 g/mol. The number of halogens is 2. The maximum Gasteiger partial charge on any atom is 0.251 e. The molecule has 0 aliphatic heterocycles. The van der Waals surface area contributed by atoms with E-state index in [1.807, 2.05) is 31.2 Å². The van der Waals surface area contributed by atoms with Gasteiger partial charge < -0.3 is 9.73 Å². The lowest BCUT2D eigenvalue weighted by Gasteiger charge is -2.16. The highest BCUT2D eigenvalue weighted by Crippen LogP contribution is 2.27. The van der Waals surface area contributed by atoms with Crippen molar-refractivity contribution >= 4 is 11.0 Å². The highest BCUT2D eigenvalue weighted by molar-refractivity contribution is 5.82. The second kappa shape index (κ2) is 6.81. The fourth-order valence-electron chi connectivity index (χ4n) is 2.27. The molecule has 1 N–H and O–H groups in total. The van der Waals surface area contributed by atoms with E-state index in [4.69, 9.17) is 4.42 Å². The number of nitrogens with zero attached hydrogens (tertiary/aromatic N) is 1. The second-order valence-electron chi connectivity index (χ2n) is 4.87. The van der Waals surface area contributed by atoms with Gasteiger partial charge in [-0.2, -0.15) is 0 Å². The van der Waals surface area contributed by atoms with Gasteiger partial charge in [-0.15, -0.1) is 0 Å². The molecule has 1 aromatic carbocycles. The van der Waals surface area contributed by atoms with Crippen LogP contribution in [0.1, 0.15) is 18.2 Å². The first-order chi connectivity index (χ1) is 9.61. The van der Waals surface area contributed by atoms with Crippen molar-refractivity contribution in [3.8, 4) is 0 Å². The van der Waals surface area contributed by atoms with E-state index in [9.17, 15) is 8.78 Å². The standard InChI is InChI=1S/C15H20F2N2O/c1-3-18-8-14-12(9-19(2)10-15(16)17)11-6-4-5-7-13(11)20-14/h4-7,15,18H,3,8-10H2,1-2H3. The average Bonchev–Trinajstić information content (AvgIpc) is 2.74. The number of nitrogens with one attached hydrogen (secondary N) is 1. The third-order valence-corrected chi connectivity index (χ3v) is 3.20. The first-order valence-corrected chi connectivity index (χ1v) is 6.78. The molecule has 0 aliphatic rings. The normalized spacial score (nSPS) is 11.9. The van der Waals surface area contributed by atoms with Gasteiger partial charge in [0.25, 0.3) is 6.43 Å². The molecule has 0 radical (unpaired) electrons. The Labute approximate surface area is 117 Å². The molecular weight excluding hydrogens is 262 g/mol. The SMILES string of the molecule is CCNCc1oc2ccccc2c1CN(C)CC(F)F. The van der Waals surface area contributed by atoms with Crippen LogP contribution < -0.4 is 5.32 Å². The van der Waals surface area contributed by atoms with Gasteiger partial charge in [-0.3, -0.25) is 4.90 Å². The summed E-state index contributed by atoms with van der Waals surface area (Å²) >= 11 is 0. The van der Waals surface area contributed by atoms with E-state index in [0.717, 1.165) is 28.8 Å². The Bertz CT molecular complexity index is 554. The molecule has 3 nitrogen and oxygen atoms in total. The summed E-state index contributed by atoms with van der Waals surface area (Å²) in [6.07, 6.45) is -2.32. The third-order valence-electron chi connectivity index (χ3n) is 3.20. The summed E-state index contributed by atoms with van der Waals surface area (Å²) in [7, 11) is 1.70. The number of hydrogen-bond acceptors (Lipinski definition) is 3. The average molecular weight is 282 g/mol. The molecule has 0 amide bonds. The van der Waals surface area contributed by atoms with E-state index in [-0.39, 0.29) is 6.54 Å². The van der Waals surface area contributed by atoms with Crippen LogP contribution >= 0.6 is 0 Å². The molecule has 0 bridgehead atoms. The number of fused-ring (bicyclic) bond motifs is 1. The van der Waals surface area contributed by atoms with Crippen LogP contribution in [0.3, 0.4) is 0 Å². The van der Waals surface area contributed by atoms with Crippen LogP contribution in [0.4, 0.5) is 8.78 Å². The first-order valence-electron chi connectivity index (χ1n) is 6.78. The molecule has 0 aliphatic carbocycles. The number of rotatable bonds is 7. The quantitative estimate of drug-likeness (QED) is 0.845. The molecular formula is C15H20F2N2O. The number of furan rings is 1. The Kier molecular flexibility index (Phi) is 5.09. The summed E-state index contributed by atoms with van der Waals surface area (Å²) in [5, 5.41) is 4.22. The minimum absolute atomic E-state index is 0.236. The molecule has 0 fully saturated rings. The molecule has 0 saturated heterocycles. The molecule has 110 valence electrons. The smallest absolute Gasteiger partial charge is 0.251 e. The van der Waals surface area contributed by atoms with E-state index in [0.29, 0.717) is 13.1 Å². The molecule has 5 heteroatoms. The molecule has 1 aromatic heterocycles. The Morgan fingerprint density at radius 3 is 2.75 bits per heavy atom. The first kappa shape index (κ1) is 14.9. The molecule has 0 atom stereocenters. The zero-order valence-electron chi connectivity index (χ0n) is 11.8. The summed E-state index contributed by atoms with van der Waals surface area (Å²) in [5.41, 5.74) is 1.80. The Morgan fingerprint density at radius 1 is 1.30 bits per heavy atom. The lowest BCUT2D eigenvalue weighted by molar-refractivity contribution is 0.0974. The largest absolute Gasteiger partial charge is 0.459 e. The fourth-order valence-corrected chi connectivity index (χ4v) is 2.27. The van der Waals surface area contributed by atoms with Gasteiger partial charge in [0.15, 0.2) is 0 Å². The van der Waals surface area contributed by atoms with Crippen molar-refractivity contribution in [1.82, 2.24) is 10.2 Å². The van der Waals surface area contributed by atoms with Crippen LogP contribution in [0.5, 0.6) is 0 Å². The summed E-state index contributed by atoms with van der Waals surface area (Å²) in [5.74, 6) is 0.828. The minimum Gasteiger partial charge on any atom is -0.459 e. The summed E-state index contributed by atoms with van der Waals surface area (Å²) in [6, 6.07) is 7.72. The number of para-hydroxylation sites is 1.